The van der Waals surface area contributed by atoms with Crippen molar-refractivity contribution < 1.29 is 4.74 Å². The molecule has 1 radical (unpaired) electrons. The molecule has 0 fully saturated rings. The van der Waals surface area contributed by atoms with Gasteiger partial charge in [0.15, 0.2) is 0 Å². The molecule has 2 aromatic rings. The van der Waals surface area contributed by atoms with Gasteiger partial charge in [-0.25, -0.2) is 0 Å². The van der Waals surface area contributed by atoms with Gasteiger partial charge >= 0.3 is 0 Å². The molecule has 0 atom stereocenters. The summed E-state index contributed by atoms with van der Waals surface area (Å²) in [5, 5.41) is 2.41. The molecule has 0 spiro atoms. The Labute approximate surface area is 82.7 Å². The molecular weight excluding hydrogens is 180 g/mol. The first kappa shape index (κ1) is 8.45. The molecule has 0 heterocycles. The molecule has 0 aliphatic heterocycles. The summed E-state index contributed by atoms with van der Waals surface area (Å²) in [6.45, 7) is 0. The number of benzene rings is 2. The van der Waals surface area contributed by atoms with Crippen molar-refractivity contribution in [1.29, 1.82) is 0 Å². The van der Waals surface area contributed by atoms with Gasteiger partial charge in [-0.3, -0.25) is 0 Å². The fourth-order valence-electron chi connectivity index (χ4n) is 1.33. The summed E-state index contributed by atoms with van der Waals surface area (Å²) in [6, 6.07) is 14.2. The lowest BCUT2D eigenvalue weighted by atomic mass is 10.1. The molecule has 0 saturated carbocycles. The molecule has 0 aliphatic carbocycles. The third-order valence-electron chi connectivity index (χ3n) is 1.95. The normalized spacial score (nSPS) is 10.2. The Kier molecular flexibility index (Phi) is 2.41. The lowest BCUT2D eigenvalue weighted by molar-refractivity contribution is 0.395. The summed E-state index contributed by atoms with van der Waals surface area (Å²) in [7, 11) is 0. The van der Waals surface area contributed by atoms with Crippen molar-refractivity contribution in [3.8, 4) is 5.75 Å². The first-order valence-electron chi connectivity index (χ1n) is 4.10. The molecule has 0 aromatic heterocycles. The minimum Gasteiger partial charge on any atom is -0.482 e. The van der Waals surface area contributed by atoms with Crippen molar-refractivity contribution in [3.05, 3.63) is 42.5 Å². The predicted octanol–water partition coefficient (Wildman–Crippen LogP) is 3.37. The zero-order valence-corrected chi connectivity index (χ0v) is 7.88. The third kappa shape index (κ3) is 1.78. The smallest absolute Gasteiger partial charge is 0.144 e. The average Bonchev–Trinajstić information content (AvgIpc) is 2.18. The van der Waals surface area contributed by atoms with Gasteiger partial charge in [0.25, 0.3) is 0 Å². The van der Waals surface area contributed by atoms with Crippen LogP contribution in [0.25, 0.3) is 10.8 Å². The molecule has 0 unspecified atom stereocenters. The van der Waals surface area contributed by atoms with Gasteiger partial charge in [-0.1, -0.05) is 30.3 Å². The molecule has 0 aliphatic rings. The summed E-state index contributed by atoms with van der Waals surface area (Å²) in [4.78, 5) is 0. The SMILES string of the molecule is [S]COc1ccc2ccccc2c1. The van der Waals surface area contributed by atoms with Gasteiger partial charge in [-0.2, -0.15) is 0 Å². The monoisotopic (exact) mass is 189 g/mol. The highest BCUT2D eigenvalue weighted by Gasteiger charge is 1.94. The summed E-state index contributed by atoms with van der Waals surface area (Å²) in [5.74, 6) is 1.15. The maximum atomic E-state index is 5.23. The van der Waals surface area contributed by atoms with Crippen LogP contribution in [0.1, 0.15) is 0 Å². The van der Waals surface area contributed by atoms with E-state index in [-0.39, 0.29) is 0 Å². The summed E-state index contributed by atoms with van der Waals surface area (Å²) in [6.07, 6.45) is 0. The molecule has 2 aromatic carbocycles. The van der Waals surface area contributed by atoms with Crippen molar-refractivity contribution in [3.63, 3.8) is 0 Å². The molecule has 2 rings (SSSR count). The van der Waals surface area contributed by atoms with Crippen LogP contribution in [-0.4, -0.2) is 5.94 Å². The fourth-order valence-corrected chi connectivity index (χ4v) is 1.46. The van der Waals surface area contributed by atoms with E-state index in [0.717, 1.165) is 5.75 Å². The minimum absolute atomic E-state index is 0.304. The van der Waals surface area contributed by atoms with Crippen LogP contribution in [0, 0.1) is 0 Å². The number of ether oxygens (including phenoxy) is 1. The number of hydrogen-bond donors (Lipinski definition) is 0. The van der Waals surface area contributed by atoms with E-state index in [1.54, 1.807) is 0 Å². The van der Waals surface area contributed by atoms with Gasteiger partial charge in [-0.15, -0.1) is 0 Å². The highest BCUT2D eigenvalue weighted by molar-refractivity contribution is 7.80. The molecule has 65 valence electrons. The second-order valence-electron chi connectivity index (χ2n) is 2.77. The van der Waals surface area contributed by atoms with E-state index in [1.165, 1.54) is 10.8 Å². The zero-order valence-electron chi connectivity index (χ0n) is 7.07. The lowest BCUT2D eigenvalue weighted by Gasteiger charge is -2.03. The lowest BCUT2D eigenvalue weighted by Crippen LogP contribution is -1.88. The van der Waals surface area contributed by atoms with Crippen molar-refractivity contribution in [1.82, 2.24) is 0 Å². The van der Waals surface area contributed by atoms with E-state index in [2.05, 4.69) is 12.1 Å². The topological polar surface area (TPSA) is 9.23 Å². The van der Waals surface area contributed by atoms with Gasteiger partial charge < -0.3 is 4.74 Å². The quantitative estimate of drug-likeness (QED) is 0.703. The van der Waals surface area contributed by atoms with E-state index in [4.69, 9.17) is 17.4 Å². The van der Waals surface area contributed by atoms with Crippen LogP contribution >= 0.6 is 12.6 Å². The number of hydrogen-bond acceptors (Lipinski definition) is 1. The number of fused-ring (bicyclic) bond motifs is 1. The van der Waals surface area contributed by atoms with Crippen LogP contribution < -0.4 is 4.74 Å². The molecular formula is C11H9OS. The summed E-state index contributed by atoms with van der Waals surface area (Å²) >= 11 is 4.73. The Morgan fingerprint density at radius 3 is 2.54 bits per heavy atom. The van der Waals surface area contributed by atoms with Crippen LogP contribution in [0.5, 0.6) is 5.75 Å². The van der Waals surface area contributed by atoms with Crippen LogP contribution in [0.3, 0.4) is 0 Å². The van der Waals surface area contributed by atoms with E-state index < -0.39 is 0 Å². The Bertz CT molecular complexity index is 412. The largest absolute Gasteiger partial charge is 0.482 e. The zero-order chi connectivity index (χ0) is 9.10. The molecule has 1 nitrogen and oxygen atoms in total. The minimum atomic E-state index is 0.304. The average molecular weight is 189 g/mol. The molecule has 2 heteroatoms. The Hall–Kier alpha value is -1.15. The fraction of sp³-hybridized carbons (Fsp3) is 0.0909. The van der Waals surface area contributed by atoms with Crippen molar-refractivity contribution in [2.24, 2.45) is 0 Å². The number of rotatable bonds is 2. The van der Waals surface area contributed by atoms with E-state index in [1.807, 2.05) is 30.3 Å². The van der Waals surface area contributed by atoms with E-state index in [0.29, 0.717) is 5.94 Å². The van der Waals surface area contributed by atoms with Gasteiger partial charge in [0.2, 0.25) is 0 Å². The first-order chi connectivity index (χ1) is 6.40. The highest BCUT2D eigenvalue weighted by atomic mass is 32.1. The molecule has 13 heavy (non-hydrogen) atoms. The second-order valence-corrected chi connectivity index (χ2v) is 3.01. The van der Waals surface area contributed by atoms with Gasteiger partial charge in [-0.05, 0) is 35.5 Å². The maximum Gasteiger partial charge on any atom is 0.144 e. The van der Waals surface area contributed by atoms with Crippen LogP contribution in [0.15, 0.2) is 42.5 Å². The Morgan fingerprint density at radius 1 is 1.00 bits per heavy atom. The third-order valence-corrected chi connectivity index (χ3v) is 2.06. The first-order valence-corrected chi connectivity index (χ1v) is 4.67. The molecule has 0 bridgehead atoms. The second kappa shape index (κ2) is 3.71. The Balaban J connectivity index is 2.49. The summed E-state index contributed by atoms with van der Waals surface area (Å²) < 4.78 is 5.23. The van der Waals surface area contributed by atoms with Gasteiger partial charge in [0, 0.05) is 0 Å². The van der Waals surface area contributed by atoms with Crippen LogP contribution in [0.4, 0.5) is 0 Å². The van der Waals surface area contributed by atoms with E-state index in [9.17, 15) is 0 Å². The van der Waals surface area contributed by atoms with Crippen molar-refractivity contribution in [2.75, 3.05) is 5.94 Å². The predicted molar refractivity (Wildman–Crippen MR) is 57.0 cm³/mol. The highest BCUT2D eigenvalue weighted by Crippen LogP contribution is 2.20. The summed E-state index contributed by atoms with van der Waals surface area (Å²) in [5.41, 5.74) is 0. The van der Waals surface area contributed by atoms with Crippen molar-refractivity contribution in [2.45, 2.75) is 0 Å². The van der Waals surface area contributed by atoms with Gasteiger partial charge in [0.05, 0.1) is 0 Å². The molecule has 0 amide bonds. The standard InChI is InChI=1S/C11H9OS/c13-8-12-11-6-5-9-3-1-2-4-10(9)7-11/h1-7H,8H2. The van der Waals surface area contributed by atoms with Gasteiger partial charge in [0.1, 0.15) is 11.7 Å². The van der Waals surface area contributed by atoms with Crippen molar-refractivity contribution >= 4 is 23.4 Å². The Morgan fingerprint density at radius 2 is 1.77 bits per heavy atom. The molecule has 0 N–H and O–H groups in total. The maximum absolute atomic E-state index is 5.23. The van der Waals surface area contributed by atoms with E-state index >= 15 is 0 Å². The van der Waals surface area contributed by atoms with Crippen LogP contribution in [-0.2, 0) is 0 Å². The van der Waals surface area contributed by atoms with Crippen LogP contribution in [0.2, 0.25) is 0 Å². The molecule has 0 saturated heterocycles.